The van der Waals surface area contributed by atoms with Gasteiger partial charge in [0.1, 0.15) is 50.8 Å². The van der Waals surface area contributed by atoms with Gasteiger partial charge in [0.25, 0.3) is 0 Å². The van der Waals surface area contributed by atoms with Crippen molar-refractivity contribution in [1.82, 2.24) is 0 Å². The average molecular weight is 705 g/mol. The fourth-order valence-corrected chi connectivity index (χ4v) is 4.59. The Morgan fingerprint density at radius 3 is 1.12 bits per heavy atom. The third-order valence-electron chi connectivity index (χ3n) is 7.01. The Kier molecular flexibility index (Phi) is 18.2. The molecule has 50 heavy (non-hydrogen) atoms. The van der Waals surface area contributed by atoms with Crippen LogP contribution in [-0.2, 0) is 38.1 Å². The number of ether oxygens (including phenoxy) is 4. The maximum absolute atomic E-state index is 12.0. The summed E-state index contributed by atoms with van der Waals surface area (Å²) in [5.74, 6) is -2.75. The molecule has 4 atom stereocenters. The summed E-state index contributed by atoms with van der Waals surface area (Å²) in [7, 11) is 0. The summed E-state index contributed by atoms with van der Waals surface area (Å²) in [6, 6.07) is 3.49. The molecule has 0 fully saturated rings. The molecule has 14 nitrogen and oxygen atoms in total. The van der Waals surface area contributed by atoms with Crippen molar-refractivity contribution in [2.75, 3.05) is 62.4 Å². The molecule has 4 unspecified atom stereocenters. The van der Waals surface area contributed by atoms with E-state index in [0.717, 1.165) is 0 Å². The van der Waals surface area contributed by atoms with Gasteiger partial charge >= 0.3 is 23.9 Å². The fraction of sp³-hybridized carbons (Fsp3) is 0.500. The van der Waals surface area contributed by atoms with Crippen LogP contribution in [0.1, 0.15) is 38.8 Å². The predicted molar refractivity (Wildman–Crippen MR) is 187 cm³/mol. The van der Waals surface area contributed by atoms with Crippen LogP contribution < -0.4 is 9.80 Å². The normalized spacial score (nSPS) is 13.2. The van der Waals surface area contributed by atoms with Crippen LogP contribution >= 0.6 is 0 Å². The Bertz CT molecular complexity index is 1350. The summed E-state index contributed by atoms with van der Waals surface area (Å²) in [4.78, 5) is 51.1. The number of hydrogen-bond acceptors (Lipinski definition) is 14. The van der Waals surface area contributed by atoms with E-state index in [2.05, 4.69) is 26.3 Å². The molecule has 14 heteroatoms. The van der Waals surface area contributed by atoms with E-state index in [0.29, 0.717) is 22.5 Å². The minimum atomic E-state index is -1.23. The summed E-state index contributed by atoms with van der Waals surface area (Å²) in [5.41, 5.74) is 2.92. The smallest absolute Gasteiger partial charge is 0.333 e. The first-order valence-corrected chi connectivity index (χ1v) is 15.9. The minimum Gasteiger partial charge on any atom is -0.460 e. The molecule has 0 spiro atoms. The Balaban J connectivity index is 3.56. The van der Waals surface area contributed by atoms with E-state index in [4.69, 9.17) is 18.9 Å². The van der Waals surface area contributed by atoms with Crippen LogP contribution in [0.5, 0.6) is 0 Å². The number of aryl methyl sites for hydroxylation is 1. The molecule has 0 aliphatic rings. The van der Waals surface area contributed by atoms with Gasteiger partial charge in [-0.2, -0.15) is 0 Å². The number of anilines is 2. The van der Waals surface area contributed by atoms with E-state index in [1.165, 1.54) is 27.7 Å². The molecule has 4 N–H and O–H groups in total. The molecule has 1 aromatic rings. The number of hydrogen-bond donors (Lipinski definition) is 4. The van der Waals surface area contributed by atoms with Crippen molar-refractivity contribution >= 4 is 35.3 Å². The second-order valence-electron chi connectivity index (χ2n) is 12.3. The first kappa shape index (κ1) is 43.5. The molecule has 1 rings (SSSR count). The number of esters is 4. The molecular weight excluding hydrogens is 652 g/mol. The van der Waals surface area contributed by atoms with Crippen molar-refractivity contribution in [2.45, 2.75) is 66.0 Å². The highest BCUT2D eigenvalue weighted by Crippen LogP contribution is 2.34. The third-order valence-corrected chi connectivity index (χ3v) is 7.01. The molecular formula is C36H52N2O12. The Labute approximate surface area is 293 Å². The molecule has 0 amide bonds. The molecule has 0 aliphatic heterocycles. The lowest BCUT2D eigenvalue weighted by Gasteiger charge is -2.35. The van der Waals surface area contributed by atoms with E-state index in [9.17, 15) is 39.6 Å². The van der Waals surface area contributed by atoms with Crippen LogP contribution in [0.3, 0.4) is 0 Å². The molecule has 278 valence electrons. The van der Waals surface area contributed by atoms with Gasteiger partial charge in [0.2, 0.25) is 0 Å². The van der Waals surface area contributed by atoms with Gasteiger partial charge in [-0.15, -0.1) is 0 Å². The zero-order valence-corrected chi connectivity index (χ0v) is 29.9. The number of aliphatic hydroxyl groups excluding tert-OH is 4. The molecule has 0 radical (unpaired) electrons. The zero-order chi connectivity index (χ0) is 38.3. The van der Waals surface area contributed by atoms with Gasteiger partial charge in [-0.3, -0.25) is 0 Å². The van der Waals surface area contributed by atoms with Crippen molar-refractivity contribution in [2.24, 2.45) is 0 Å². The van der Waals surface area contributed by atoms with Gasteiger partial charge < -0.3 is 49.2 Å². The predicted octanol–water partition coefficient (Wildman–Crippen LogP) is 1.84. The van der Waals surface area contributed by atoms with Crippen LogP contribution in [-0.4, -0.2) is 121 Å². The highest BCUT2D eigenvalue weighted by Gasteiger charge is 2.26. The van der Waals surface area contributed by atoms with Gasteiger partial charge in [-0.05, 0) is 58.7 Å². The van der Waals surface area contributed by atoms with Gasteiger partial charge in [0.15, 0.2) is 0 Å². The minimum absolute atomic E-state index is 0.140. The fourth-order valence-electron chi connectivity index (χ4n) is 4.59. The second kappa shape index (κ2) is 20.9. The Morgan fingerprint density at radius 1 is 0.560 bits per heavy atom. The Morgan fingerprint density at radius 2 is 0.840 bits per heavy atom. The number of nitrogens with zero attached hydrogens (tertiary/aromatic N) is 2. The molecule has 0 aromatic heterocycles. The summed E-state index contributed by atoms with van der Waals surface area (Å²) in [6.07, 6.45) is -4.90. The summed E-state index contributed by atoms with van der Waals surface area (Å²) >= 11 is 0. The lowest BCUT2D eigenvalue weighted by molar-refractivity contribution is -0.142. The SMILES string of the molecule is C=C(C)C(=O)OCC(O)CN(CC(O)COC(=O)C(=C)C)c1ccc(C)c(N(CC(O)COC(=O)C(=C)C)CC(O)COC(=O)C(=C)C)c1C. The van der Waals surface area contributed by atoms with Crippen molar-refractivity contribution in [3.05, 3.63) is 71.9 Å². The van der Waals surface area contributed by atoms with E-state index in [1.807, 2.05) is 0 Å². The number of rotatable bonds is 22. The summed E-state index contributed by atoms with van der Waals surface area (Å²) in [5, 5.41) is 43.5. The quantitative estimate of drug-likeness (QED) is 0.0776. The first-order chi connectivity index (χ1) is 23.2. The van der Waals surface area contributed by atoms with E-state index < -0.39 is 48.3 Å². The van der Waals surface area contributed by atoms with Gasteiger partial charge in [-0.25, -0.2) is 19.2 Å². The molecule has 0 saturated carbocycles. The van der Waals surface area contributed by atoms with E-state index in [1.54, 1.807) is 35.8 Å². The monoisotopic (exact) mass is 704 g/mol. The van der Waals surface area contributed by atoms with Gasteiger partial charge in [0, 0.05) is 59.8 Å². The van der Waals surface area contributed by atoms with Crippen molar-refractivity contribution in [3.8, 4) is 0 Å². The maximum Gasteiger partial charge on any atom is 0.333 e. The topological polar surface area (TPSA) is 193 Å². The van der Waals surface area contributed by atoms with Crippen molar-refractivity contribution in [1.29, 1.82) is 0 Å². The van der Waals surface area contributed by atoms with Crippen LogP contribution in [0, 0.1) is 13.8 Å². The molecule has 0 aliphatic carbocycles. The van der Waals surface area contributed by atoms with Crippen LogP contribution in [0.2, 0.25) is 0 Å². The van der Waals surface area contributed by atoms with E-state index >= 15 is 0 Å². The summed E-state index contributed by atoms with van der Waals surface area (Å²) < 4.78 is 20.5. The first-order valence-electron chi connectivity index (χ1n) is 15.9. The lowest BCUT2D eigenvalue weighted by Crippen LogP contribution is -2.43. The Hall–Kier alpha value is -4.50. The number of carbonyl (C=O) groups excluding carboxylic acids is 4. The molecule has 0 heterocycles. The highest BCUT2D eigenvalue weighted by atomic mass is 16.6. The van der Waals surface area contributed by atoms with Crippen molar-refractivity contribution in [3.63, 3.8) is 0 Å². The van der Waals surface area contributed by atoms with Gasteiger partial charge in [0.05, 0.1) is 0 Å². The average Bonchev–Trinajstić information content (AvgIpc) is 3.03. The summed E-state index contributed by atoms with van der Waals surface area (Å²) in [6.45, 7) is 21.5. The number of carbonyl (C=O) groups is 4. The molecule has 1 aromatic carbocycles. The molecule has 0 saturated heterocycles. The zero-order valence-electron chi connectivity index (χ0n) is 29.9. The third kappa shape index (κ3) is 14.9. The number of benzene rings is 1. The van der Waals surface area contributed by atoms with Crippen molar-refractivity contribution < 1.29 is 58.6 Å². The highest BCUT2D eigenvalue weighted by molar-refractivity contribution is 5.88. The standard InChI is InChI=1S/C36H52N2O12/c1-21(2)33(43)47-17-27(39)13-37(14-28(40)18-48-34(44)22(3)4)31-12-11-25(9)32(26(31)10)38(15-29(41)19-49-35(45)23(5)6)16-30(42)20-50-36(46)24(7)8/h11-12,27-30,39-42H,1,3,5,7,13-20H2,2,4,6,8-10H3. The maximum atomic E-state index is 12.0. The van der Waals surface area contributed by atoms with Crippen LogP contribution in [0.4, 0.5) is 11.4 Å². The lowest BCUT2D eigenvalue weighted by atomic mass is 10.0. The number of aliphatic hydroxyl groups is 4. The largest absolute Gasteiger partial charge is 0.460 e. The molecule has 0 bridgehead atoms. The second-order valence-corrected chi connectivity index (χ2v) is 12.3. The van der Waals surface area contributed by atoms with E-state index in [-0.39, 0.29) is 74.9 Å². The van der Waals surface area contributed by atoms with Crippen LogP contribution in [0.15, 0.2) is 60.7 Å². The van der Waals surface area contributed by atoms with Crippen LogP contribution in [0.25, 0.3) is 0 Å². The van der Waals surface area contributed by atoms with Gasteiger partial charge in [-0.1, -0.05) is 32.4 Å².